The Balaban J connectivity index is 2.21. The lowest BCUT2D eigenvalue weighted by Crippen LogP contribution is -2.41. The molecule has 0 aromatic carbocycles. The van der Waals surface area contributed by atoms with Gasteiger partial charge in [-0.05, 0) is 6.92 Å². The average molecular weight is 327 g/mol. The summed E-state index contributed by atoms with van der Waals surface area (Å²) >= 11 is 0. The number of rotatable bonds is 5. The van der Waals surface area contributed by atoms with Crippen LogP contribution in [0.4, 0.5) is 0 Å². The van der Waals surface area contributed by atoms with Gasteiger partial charge in [-0.2, -0.15) is 0 Å². The van der Waals surface area contributed by atoms with Gasteiger partial charge in [-0.1, -0.05) is 0 Å². The van der Waals surface area contributed by atoms with Crippen LogP contribution in [0.3, 0.4) is 0 Å². The van der Waals surface area contributed by atoms with Crippen LogP contribution in [0.1, 0.15) is 31.3 Å². The molecule has 1 aliphatic rings. The number of nitrogens with zero attached hydrogens (tertiary/aromatic N) is 1. The first-order chi connectivity index (χ1) is 10.8. The van der Waals surface area contributed by atoms with Crippen molar-refractivity contribution in [3.8, 4) is 5.88 Å². The van der Waals surface area contributed by atoms with Crippen molar-refractivity contribution in [2.75, 3.05) is 0 Å². The van der Waals surface area contributed by atoms with E-state index in [1.165, 1.54) is 20.2 Å². The zero-order valence-electron chi connectivity index (χ0n) is 12.8. The molecule has 23 heavy (non-hydrogen) atoms. The zero-order valence-corrected chi connectivity index (χ0v) is 12.8. The molecule has 0 bridgehead atoms. The summed E-state index contributed by atoms with van der Waals surface area (Å²) in [6, 6.07) is 0. The first kappa shape index (κ1) is 16.7. The molecule has 0 spiro atoms. The summed E-state index contributed by atoms with van der Waals surface area (Å²) in [7, 11) is 0. The molecule has 2 rings (SSSR count). The number of hydrogen-bond acceptors (Lipinski definition) is 8. The van der Waals surface area contributed by atoms with Crippen LogP contribution < -0.4 is 10.5 Å². The van der Waals surface area contributed by atoms with Gasteiger partial charge in [0, 0.05) is 13.8 Å². The minimum atomic E-state index is -1.11. The molecule has 1 aromatic rings. The second-order valence-corrected chi connectivity index (χ2v) is 4.92. The normalized spacial score (nSPS) is 26.6. The predicted octanol–water partition coefficient (Wildman–Crippen LogP) is -0.504. The fourth-order valence-corrected chi connectivity index (χ4v) is 2.21. The van der Waals surface area contributed by atoms with Crippen LogP contribution in [-0.4, -0.2) is 52.4 Å². The Morgan fingerprint density at radius 1 is 1.22 bits per heavy atom. The van der Waals surface area contributed by atoms with Crippen LogP contribution in [0.5, 0.6) is 5.88 Å². The Kier molecular flexibility index (Phi) is 4.84. The highest BCUT2D eigenvalue weighted by atomic mass is 16.7. The lowest BCUT2D eigenvalue weighted by molar-refractivity contribution is -0.171. The highest BCUT2D eigenvalue weighted by Gasteiger charge is 2.49. The monoisotopic (exact) mass is 327 g/mol. The third-order valence-electron chi connectivity index (χ3n) is 3.09. The van der Waals surface area contributed by atoms with Gasteiger partial charge in [-0.15, -0.1) is 0 Å². The number of aromatic amines is 1. The number of nitrogens with two attached hydrogens (primary N) is 1. The molecule has 126 valence electrons. The van der Waals surface area contributed by atoms with E-state index in [9.17, 15) is 14.4 Å². The van der Waals surface area contributed by atoms with Crippen molar-refractivity contribution in [1.82, 2.24) is 9.97 Å². The van der Waals surface area contributed by atoms with Crippen LogP contribution in [0.15, 0.2) is 6.33 Å². The fourth-order valence-electron chi connectivity index (χ4n) is 2.21. The summed E-state index contributed by atoms with van der Waals surface area (Å²) in [5.74, 6) is -2.03. The van der Waals surface area contributed by atoms with Crippen LogP contribution in [0.2, 0.25) is 0 Å². The minimum Gasteiger partial charge on any atom is -0.456 e. The number of imidazole rings is 1. The van der Waals surface area contributed by atoms with Crippen LogP contribution in [-0.2, 0) is 23.8 Å². The van der Waals surface area contributed by atoms with Crippen molar-refractivity contribution < 1.29 is 33.3 Å². The standard InChI is InChI=1S/C13H17N3O7/c1-5-9(21-6(2)17)10(22-7(3)18)13(20-5)23-12-8(11(14)19)15-4-16-12/h4-5,9-10,13H,1-3H3,(H2,14,19)(H,15,16)/t5-,9-,10-,13+/m1/s1. The van der Waals surface area contributed by atoms with Gasteiger partial charge in [0.1, 0.15) is 0 Å². The van der Waals surface area contributed by atoms with E-state index < -0.39 is 42.4 Å². The highest BCUT2D eigenvalue weighted by molar-refractivity contribution is 5.93. The molecular weight excluding hydrogens is 310 g/mol. The van der Waals surface area contributed by atoms with Crippen molar-refractivity contribution in [2.45, 2.75) is 45.4 Å². The molecule has 0 unspecified atom stereocenters. The number of nitrogens with one attached hydrogen (secondary N) is 1. The predicted molar refractivity (Wildman–Crippen MR) is 73.2 cm³/mol. The largest absolute Gasteiger partial charge is 0.456 e. The summed E-state index contributed by atoms with van der Waals surface area (Å²) < 4.78 is 21.2. The molecule has 1 amide bonds. The van der Waals surface area contributed by atoms with Gasteiger partial charge in [0.25, 0.3) is 5.91 Å². The maximum absolute atomic E-state index is 11.3. The summed E-state index contributed by atoms with van der Waals surface area (Å²) in [6.07, 6.45) is -2.34. The van der Waals surface area contributed by atoms with Gasteiger partial charge in [0.2, 0.25) is 18.3 Å². The van der Waals surface area contributed by atoms with Crippen LogP contribution in [0.25, 0.3) is 0 Å². The Labute approximate surface area is 131 Å². The Morgan fingerprint density at radius 3 is 2.39 bits per heavy atom. The van der Waals surface area contributed by atoms with E-state index in [-0.39, 0.29) is 11.6 Å². The molecule has 1 saturated heterocycles. The molecule has 0 saturated carbocycles. The van der Waals surface area contributed by atoms with E-state index in [0.29, 0.717) is 0 Å². The van der Waals surface area contributed by atoms with Gasteiger partial charge >= 0.3 is 11.9 Å². The summed E-state index contributed by atoms with van der Waals surface area (Å²) in [5, 5.41) is 0. The van der Waals surface area contributed by atoms with Crippen molar-refractivity contribution in [2.24, 2.45) is 5.73 Å². The van der Waals surface area contributed by atoms with Crippen molar-refractivity contribution in [3.05, 3.63) is 12.0 Å². The molecule has 0 aliphatic carbocycles. The summed E-state index contributed by atoms with van der Waals surface area (Å²) in [5.41, 5.74) is 5.13. The topological polar surface area (TPSA) is 143 Å². The zero-order chi connectivity index (χ0) is 17.1. The molecule has 1 fully saturated rings. The van der Waals surface area contributed by atoms with Crippen molar-refractivity contribution in [3.63, 3.8) is 0 Å². The van der Waals surface area contributed by atoms with Crippen LogP contribution in [0, 0.1) is 0 Å². The molecule has 3 N–H and O–H groups in total. The quantitative estimate of drug-likeness (QED) is 0.689. The summed E-state index contributed by atoms with van der Waals surface area (Å²) in [6.45, 7) is 4.06. The molecule has 1 aromatic heterocycles. The number of amides is 1. The number of hydrogen-bond donors (Lipinski definition) is 2. The van der Waals surface area contributed by atoms with Gasteiger partial charge in [0.05, 0.1) is 12.4 Å². The van der Waals surface area contributed by atoms with E-state index in [0.717, 1.165) is 0 Å². The van der Waals surface area contributed by atoms with E-state index in [1.807, 2.05) is 0 Å². The van der Waals surface area contributed by atoms with Crippen LogP contribution >= 0.6 is 0 Å². The average Bonchev–Trinajstić information content (AvgIpc) is 2.98. The number of carbonyl (C=O) groups excluding carboxylic acids is 3. The van der Waals surface area contributed by atoms with Crippen molar-refractivity contribution >= 4 is 17.8 Å². The fraction of sp³-hybridized carbons (Fsp3) is 0.538. The van der Waals surface area contributed by atoms with Crippen molar-refractivity contribution in [1.29, 1.82) is 0 Å². The molecule has 10 nitrogen and oxygen atoms in total. The number of carbonyl (C=O) groups is 3. The third kappa shape index (κ3) is 3.77. The number of H-pyrrole nitrogens is 1. The molecule has 1 aliphatic heterocycles. The second kappa shape index (κ2) is 6.65. The third-order valence-corrected chi connectivity index (χ3v) is 3.09. The summed E-state index contributed by atoms with van der Waals surface area (Å²) in [4.78, 5) is 40.1. The first-order valence-corrected chi connectivity index (χ1v) is 6.79. The van der Waals surface area contributed by atoms with Gasteiger partial charge in [-0.3, -0.25) is 14.4 Å². The minimum absolute atomic E-state index is 0.0567. The van der Waals surface area contributed by atoms with E-state index in [4.69, 9.17) is 24.7 Å². The maximum Gasteiger partial charge on any atom is 0.303 e. The Bertz CT molecular complexity index is 614. The molecule has 4 atom stereocenters. The lowest BCUT2D eigenvalue weighted by Gasteiger charge is -2.22. The van der Waals surface area contributed by atoms with E-state index in [2.05, 4.69) is 9.97 Å². The van der Waals surface area contributed by atoms with Gasteiger partial charge in [0.15, 0.2) is 11.8 Å². The molecular formula is C13H17N3O7. The number of primary amides is 1. The first-order valence-electron chi connectivity index (χ1n) is 6.79. The number of aromatic nitrogens is 2. The van der Waals surface area contributed by atoms with E-state index in [1.54, 1.807) is 6.92 Å². The van der Waals surface area contributed by atoms with Gasteiger partial charge < -0.3 is 29.7 Å². The number of esters is 2. The van der Waals surface area contributed by atoms with Gasteiger partial charge in [-0.25, -0.2) is 4.98 Å². The molecule has 2 heterocycles. The Hall–Kier alpha value is -2.62. The SMILES string of the molecule is CC(=O)O[C@H]1[C@H](Oc2nc[nH]c2C(N)=O)O[C@H](C)[C@H]1OC(C)=O. The molecule has 10 heteroatoms. The lowest BCUT2D eigenvalue weighted by atomic mass is 10.1. The highest BCUT2D eigenvalue weighted by Crippen LogP contribution is 2.29. The van der Waals surface area contributed by atoms with E-state index >= 15 is 0 Å². The Morgan fingerprint density at radius 2 is 1.83 bits per heavy atom. The maximum atomic E-state index is 11.3. The second-order valence-electron chi connectivity index (χ2n) is 4.92. The molecule has 0 radical (unpaired) electrons. The smallest absolute Gasteiger partial charge is 0.303 e. The number of ether oxygens (including phenoxy) is 4.